The summed E-state index contributed by atoms with van der Waals surface area (Å²) in [7, 11) is 1.66. The molecule has 1 N–H and O–H groups in total. The third kappa shape index (κ3) is 4.95. The Hall–Kier alpha value is -2.88. The molecule has 8 nitrogen and oxygen atoms in total. The van der Waals surface area contributed by atoms with Crippen LogP contribution in [-0.4, -0.2) is 43.8 Å². The molecule has 0 bridgehead atoms. The van der Waals surface area contributed by atoms with Crippen LogP contribution in [0.1, 0.15) is 41.2 Å². The number of aromatic nitrogens is 5. The zero-order valence-corrected chi connectivity index (χ0v) is 19.4. The first-order valence-corrected chi connectivity index (χ1v) is 11.6. The number of rotatable bonds is 10. The van der Waals surface area contributed by atoms with Crippen LogP contribution in [0.5, 0.6) is 0 Å². The van der Waals surface area contributed by atoms with Gasteiger partial charge in [0.15, 0.2) is 5.82 Å². The van der Waals surface area contributed by atoms with Crippen LogP contribution in [0.3, 0.4) is 0 Å². The summed E-state index contributed by atoms with van der Waals surface area (Å²) in [6.45, 7) is 6.45. The van der Waals surface area contributed by atoms with Crippen molar-refractivity contribution in [2.45, 2.75) is 45.9 Å². The second kappa shape index (κ2) is 10.2. The number of ether oxygens (including phenoxy) is 1. The first-order chi connectivity index (χ1) is 15.6. The predicted octanol–water partition coefficient (Wildman–Crippen LogP) is 3.68. The van der Waals surface area contributed by atoms with Crippen molar-refractivity contribution in [2.75, 3.05) is 13.7 Å². The molecular formula is C23H28N6O2S. The second-order valence-electron chi connectivity index (χ2n) is 7.88. The first-order valence-electron chi connectivity index (χ1n) is 10.7. The Bertz CT molecular complexity index is 1220. The number of methoxy groups -OCH3 is 1. The lowest BCUT2D eigenvalue weighted by atomic mass is 10.1. The summed E-state index contributed by atoms with van der Waals surface area (Å²) in [5.74, 6) is 0.786. The van der Waals surface area contributed by atoms with Gasteiger partial charge >= 0.3 is 0 Å². The molecule has 0 fully saturated rings. The summed E-state index contributed by atoms with van der Waals surface area (Å²) in [4.78, 5) is 19.5. The molecule has 0 saturated heterocycles. The van der Waals surface area contributed by atoms with Crippen molar-refractivity contribution in [3.05, 3.63) is 74.0 Å². The van der Waals surface area contributed by atoms with Crippen LogP contribution in [-0.2, 0) is 24.4 Å². The lowest BCUT2D eigenvalue weighted by Gasteiger charge is -2.29. The Balaban J connectivity index is 1.70. The van der Waals surface area contributed by atoms with Gasteiger partial charge in [0.25, 0.3) is 5.56 Å². The van der Waals surface area contributed by atoms with Gasteiger partial charge in [-0.2, -0.15) is 0 Å². The highest BCUT2D eigenvalue weighted by atomic mass is 32.1. The van der Waals surface area contributed by atoms with Gasteiger partial charge in [-0.05, 0) is 58.3 Å². The minimum absolute atomic E-state index is 0.0444. The molecule has 0 saturated carbocycles. The number of aromatic amines is 1. The Morgan fingerprint density at radius 2 is 2.12 bits per heavy atom. The summed E-state index contributed by atoms with van der Waals surface area (Å²) in [5, 5.41) is 15.5. The zero-order valence-electron chi connectivity index (χ0n) is 18.6. The van der Waals surface area contributed by atoms with E-state index in [-0.39, 0.29) is 11.6 Å². The van der Waals surface area contributed by atoms with Crippen LogP contribution in [0.25, 0.3) is 10.9 Å². The number of hydrogen-bond donors (Lipinski definition) is 1. The monoisotopic (exact) mass is 452 g/mol. The predicted molar refractivity (Wildman–Crippen MR) is 126 cm³/mol. The van der Waals surface area contributed by atoms with E-state index >= 15 is 0 Å². The number of nitrogens with zero attached hydrogens (tertiary/aromatic N) is 5. The van der Waals surface area contributed by atoms with E-state index in [1.165, 1.54) is 4.88 Å². The molecule has 32 heavy (non-hydrogen) atoms. The standard InChI is InChI=1S/C23H28N6O2S/c1-4-21(22-25-26-27-29(22)9-10-31-3)28(15-19-6-5-11-32-19)14-18-13-17-8-7-16(2)12-20(17)24-23(18)30/h5-8,11-13,21H,4,9-10,14-15H2,1-3H3,(H,24,30)/t21-/m1/s1. The number of hydrogen-bond acceptors (Lipinski definition) is 7. The normalized spacial score (nSPS) is 12.6. The molecule has 0 spiro atoms. The number of aryl methyl sites for hydroxylation is 1. The minimum Gasteiger partial charge on any atom is -0.383 e. The molecule has 3 heterocycles. The topological polar surface area (TPSA) is 88.9 Å². The highest BCUT2D eigenvalue weighted by Gasteiger charge is 2.26. The summed E-state index contributed by atoms with van der Waals surface area (Å²) < 4.78 is 7.01. The molecule has 3 aromatic heterocycles. The average molecular weight is 453 g/mol. The fraction of sp³-hybridized carbons (Fsp3) is 0.391. The van der Waals surface area contributed by atoms with E-state index in [1.54, 1.807) is 23.1 Å². The van der Waals surface area contributed by atoms with E-state index in [9.17, 15) is 4.79 Å². The van der Waals surface area contributed by atoms with Gasteiger partial charge in [0.1, 0.15) is 0 Å². The van der Waals surface area contributed by atoms with Gasteiger partial charge in [-0.15, -0.1) is 16.4 Å². The van der Waals surface area contributed by atoms with E-state index in [1.807, 2.05) is 25.1 Å². The van der Waals surface area contributed by atoms with Crippen LogP contribution >= 0.6 is 11.3 Å². The second-order valence-corrected chi connectivity index (χ2v) is 8.91. The van der Waals surface area contributed by atoms with Crippen LogP contribution in [0.2, 0.25) is 0 Å². The minimum atomic E-state index is -0.0619. The molecule has 4 aromatic rings. The van der Waals surface area contributed by atoms with Crippen LogP contribution in [0.4, 0.5) is 0 Å². The maximum Gasteiger partial charge on any atom is 0.252 e. The third-order valence-electron chi connectivity index (χ3n) is 5.58. The van der Waals surface area contributed by atoms with Crippen molar-refractivity contribution in [1.29, 1.82) is 0 Å². The van der Waals surface area contributed by atoms with Crippen molar-refractivity contribution in [3.8, 4) is 0 Å². The van der Waals surface area contributed by atoms with Crippen LogP contribution in [0, 0.1) is 6.92 Å². The van der Waals surface area contributed by atoms with E-state index < -0.39 is 0 Å². The summed E-state index contributed by atoms with van der Waals surface area (Å²) in [6.07, 6.45) is 0.809. The smallest absolute Gasteiger partial charge is 0.252 e. The molecule has 168 valence electrons. The molecule has 0 unspecified atom stereocenters. The Labute approximate surface area is 190 Å². The van der Waals surface area contributed by atoms with Crippen molar-refractivity contribution in [2.24, 2.45) is 0 Å². The number of tetrazole rings is 1. The maximum absolute atomic E-state index is 12.9. The third-order valence-corrected chi connectivity index (χ3v) is 6.44. The molecule has 4 rings (SSSR count). The number of benzene rings is 1. The zero-order chi connectivity index (χ0) is 22.5. The first kappa shape index (κ1) is 22.3. The van der Waals surface area contributed by atoms with E-state index in [0.717, 1.165) is 34.3 Å². The van der Waals surface area contributed by atoms with Crippen molar-refractivity contribution in [1.82, 2.24) is 30.1 Å². The molecule has 0 radical (unpaired) electrons. The van der Waals surface area contributed by atoms with Gasteiger partial charge in [-0.25, -0.2) is 4.68 Å². The van der Waals surface area contributed by atoms with Gasteiger partial charge in [0.05, 0.1) is 19.2 Å². The Morgan fingerprint density at radius 1 is 1.25 bits per heavy atom. The summed E-state index contributed by atoms with van der Waals surface area (Å²) >= 11 is 1.71. The fourth-order valence-corrected chi connectivity index (χ4v) is 4.70. The van der Waals surface area contributed by atoms with Gasteiger partial charge in [0, 0.05) is 36.2 Å². The van der Waals surface area contributed by atoms with E-state index in [2.05, 4.69) is 55.9 Å². The number of pyridine rings is 1. The van der Waals surface area contributed by atoms with Gasteiger partial charge in [-0.1, -0.05) is 25.1 Å². The van der Waals surface area contributed by atoms with E-state index in [0.29, 0.717) is 26.2 Å². The molecule has 0 aliphatic carbocycles. The lowest BCUT2D eigenvalue weighted by molar-refractivity contribution is 0.152. The van der Waals surface area contributed by atoms with Crippen molar-refractivity contribution in [3.63, 3.8) is 0 Å². The highest BCUT2D eigenvalue weighted by molar-refractivity contribution is 7.09. The molecular weight excluding hydrogens is 424 g/mol. The average Bonchev–Trinajstić information content (AvgIpc) is 3.46. The summed E-state index contributed by atoms with van der Waals surface area (Å²) in [5.41, 5.74) is 2.65. The molecule has 0 aliphatic heterocycles. The quantitative estimate of drug-likeness (QED) is 0.395. The maximum atomic E-state index is 12.9. The molecule has 0 aliphatic rings. The van der Waals surface area contributed by atoms with Gasteiger partial charge in [-0.3, -0.25) is 9.69 Å². The fourth-order valence-electron chi connectivity index (χ4n) is 3.97. The molecule has 1 aromatic carbocycles. The van der Waals surface area contributed by atoms with E-state index in [4.69, 9.17) is 4.74 Å². The number of fused-ring (bicyclic) bond motifs is 1. The highest BCUT2D eigenvalue weighted by Crippen LogP contribution is 2.27. The van der Waals surface area contributed by atoms with Crippen LogP contribution < -0.4 is 5.56 Å². The molecule has 1 atom stereocenters. The van der Waals surface area contributed by atoms with Gasteiger partial charge < -0.3 is 9.72 Å². The SMILES string of the molecule is CC[C@H](c1nnnn1CCOC)N(Cc1cccs1)Cc1cc2ccc(C)cc2[nH]c1=O. The van der Waals surface area contributed by atoms with Gasteiger partial charge in [0.2, 0.25) is 0 Å². The molecule has 0 amide bonds. The van der Waals surface area contributed by atoms with Crippen LogP contribution in [0.15, 0.2) is 46.6 Å². The largest absolute Gasteiger partial charge is 0.383 e. The number of H-pyrrole nitrogens is 1. The Morgan fingerprint density at radius 3 is 2.88 bits per heavy atom. The summed E-state index contributed by atoms with van der Waals surface area (Å²) in [6, 6.07) is 12.2. The molecule has 9 heteroatoms. The van der Waals surface area contributed by atoms with Crippen molar-refractivity contribution >= 4 is 22.2 Å². The number of thiophene rings is 1. The Kier molecular flexibility index (Phi) is 7.09. The number of nitrogens with one attached hydrogen (secondary N) is 1. The lowest BCUT2D eigenvalue weighted by Crippen LogP contribution is -2.32. The van der Waals surface area contributed by atoms with Crippen molar-refractivity contribution < 1.29 is 4.74 Å².